The molecule has 2 aromatic carbocycles. The first-order chi connectivity index (χ1) is 14.1. The van der Waals surface area contributed by atoms with Gasteiger partial charge in [0.2, 0.25) is 12.5 Å². The molecular weight excluding hydrogens is 376 g/mol. The molecule has 5 rings (SSSR count). The molecule has 3 aliphatic rings. The maximum Gasteiger partial charge on any atom is 0.334 e. The van der Waals surface area contributed by atoms with Gasteiger partial charge in [-0.1, -0.05) is 0 Å². The van der Waals surface area contributed by atoms with Gasteiger partial charge in [0.1, 0.15) is 6.61 Å². The number of benzene rings is 2. The topological polar surface area (TPSA) is 72.5 Å². The van der Waals surface area contributed by atoms with Gasteiger partial charge in [0.25, 0.3) is 0 Å². The van der Waals surface area contributed by atoms with Gasteiger partial charge in [-0.2, -0.15) is 0 Å². The molecule has 0 spiro atoms. The second kappa shape index (κ2) is 6.62. The molecule has 2 aromatic rings. The normalized spacial score (nSPS) is 18.9. The van der Waals surface area contributed by atoms with Crippen molar-refractivity contribution in [1.82, 2.24) is 0 Å². The molecule has 0 fully saturated rings. The Hall–Kier alpha value is -3.35. The van der Waals surface area contributed by atoms with Crippen LogP contribution in [0.15, 0.2) is 35.4 Å². The van der Waals surface area contributed by atoms with E-state index >= 15 is 0 Å². The van der Waals surface area contributed by atoms with Crippen molar-refractivity contribution >= 4 is 5.97 Å². The molecule has 150 valence electrons. The van der Waals surface area contributed by atoms with Crippen LogP contribution in [0.2, 0.25) is 0 Å². The summed E-state index contributed by atoms with van der Waals surface area (Å²) in [5, 5.41) is 0. The highest BCUT2D eigenvalue weighted by Crippen LogP contribution is 2.50. The number of rotatable bonds is 4. The van der Waals surface area contributed by atoms with Crippen LogP contribution >= 0.6 is 0 Å². The Morgan fingerprint density at radius 3 is 2.24 bits per heavy atom. The number of fused-ring (bicyclic) bond motifs is 2. The summed E-state index contributed by atoms with van der Waals surface area (Å²) in [6, 6.07) is 7.79. The Balaban J connectivity index is 1.73. The van der Waals surface area contributed by atoms with Crippen LogP contribution in [0.4, 0.5) is 0 Å². The van der Waals surface area contributed by atoms with Gasteiger partial charge in [0, 0.05) is 17.9 Å². The Morgan fingerprint density at radius 1 is 0.897 bits per heavy atom. The third-order valence-corrected chi connectivity index (χ3v) is 5.67. The largest absolute Gasteiger partial charge is 0.493 e. The Bertz CT molecular complexity index is 1030. The average molecular weight is 396 g/mol. The van der Waals surface area contributed by atoms with Gasteiger partial charge in [-0.05, 0) is 46.5 Å². The van der Waals surface area contributed by atoms with Gasteiger partial charge in [-0.3, -0.25) is 0 Å². The zero-order valence-electron chi connectivity index (χ0n) is 16.4. The first-order valence-corrected chi connectivity index (χ1v) is 9.26. The van der Waals surface area contributed by atoms with Crippen molar-refractivity contribution in [2.45, 2.75) is 12.3 Å². The zero-order valence-corrected chi connectivity index (χ0v) is 16.4. The molecule has 2 aliphatic heterocycles. The van der Waals surface area contributed by atoms with Gasteiger partial charge in [-0.25, -0.2) is 4.79 Å². The van der Waals surface area contributed by atoms with Crippen LogP contribution in [-0.4, -0.2) is 40.7 Å². The summed E-state index contributed by atoms with van der Waals surface area (Å²) >= 11 is 0. The van der Waals surface area contributed by atoms with E-state index in [2.05, 4.69) is 0 Å². The van der Waals surface area contributed by atoms with Crippen molar-refractivity contribution in [2.24, 2.45) is 0 Å². The van der Waals surface area contributed by atoms with E-state index in [1.165, 1.54) is 0 Å². The Morgan fingerprint density at radius 2 is 1.59 bits per heavy atom. The second-order valence-electron chi connectivity index (χ2n) is 7.05. The lowest BCUT2D eigenvalue weighted by Gasteiger charge is -2.28. The quantitative estimate of drug-likeness (QED) is 0.736. The van der Waals surface area contributed by atoms with Crippen LogP contribution in [-0.2, 0) is 16.0 Å². The lowest BCUT2D eigenvalue weighted by molar-refractivity contribution is -0.136. The molecule has 0 aromatic heterocycles. The first kappa shape index (κ1) is 17.7. The molecule has 0 saturated heterocycles. The highest BCUT2D eigenvalue weighted by atomic mass is 16.7. The van der Waals surface area contributed by atoms with Crippen LogP contribution < -0.4 is 23.7 Å². The average Bonchev–Trinajstić information content (AvgIpc) is 3.35. The summed E-state index contributed by atoms with van der Waals surface area (Å²) in [6.45, 7) is 0.464. The van der Waals surface area contributed by atoms with E-state index in [4.69, 9.17) is 28.4 Å². The van der Waals surface area contributed by atoms with Crippen molar-refractivity contribution in [3.8, 4) is 28.7 Å². The molecule has 2 heterocycles. The van der Waals surface area contributed by atoms with Crippen LogP contribution in [0.5, 0.6) is 28.7 Å². The molecule has 1 atom stereocenters. The molecule has 0 N–H and O–H groups in total. The number of hydrogen-bond donors (Lipinski definition) is 0. The Labute approximate surface area is 167 Å². The van der Waals surface area contributed by atoms with Crippen LogP contribution in [0.25, 0.3) is 0 Å². The number of carbonyl (C=O) groups excluding carboxylic acids is 1. The monoisotopic (exact) mass is 396 g/mol. The minimum atomic E-state index is -0.263. The van der Waals surface area contributed by atoms with Crippen LogP contribution in [0.1, 0.15) is 22.6 Å². The molecule has 0 radical (unpaired) electrons. The SMILES string of the molecule is COc1cc(C2C3=C(Cc4cc5c(cc42)OCO5)C(=O)OC3)cc(OC)c1OC. The van der Waals surface area contributed by atoms with E-state index in [1.807, 2.05) is 24.3 Å². The summed E-state index contributed by atoms with van der Waals surface area (Å²) in [7, 11) is 4.74. The molecule has 0 amide bonds. The fourth-order valence-electron chi connectivity index (χ4n) is 4.34. The molecule has 7 heteroatoms. The summed E-state index contributed by atoms with van der Waals surface area (Å²) in [5.41, 5.74) is 4.65. The van der Waals surface area contributed by atoms with E-state index in [-0.39, 0.29) is 25.3 Å². The van der Waals surface area contributed by atoms with Crippen LogP contribution in [0, 0.1) is 0 Å². The van der Waals surface area contributed by atoms with E-state index in [0.29, 0.717) is 40.7 Å². The van der Waals surface area contributed by atoms with Crippen molar-refractivity contribution < 1.29 is 33.2 Å². The number of carbonyl (C=O) groups is 1. The van der Waals surface area contributed by atoms with Crippen molar-refractivity contribution in [1.29, 1.82) is 0 Å². The predicted molar refractivity (Wildman–Crippen MR) is 102 cm³/mol. The first-order valence-electron chi connectivity index (χ1n) is 9.26. The van der Waals surface area contributed by atoms with Gasteiger partial charge in [0.15, 0.2) is 23.0 Å². The highest BCUT2D eigenvalue weighted by Gasteiger charge is 2.39. The fraction of sp³-hybridized carbons (Fsp3) is 0.318. The van der Waals surface area contributed by atoms with E-state index in [0.717, 1.165) is 22.3 Å². The zero-order chi connectivity index (χ0) is 20.1. The number of ether oxygens (including phenoxy) is 6. The molecule has 1 unspecified atom stereocenters. The molecule has 0 bridgehead atoms. The molecule has 0 saturated carbocycles. The number of cyclic esters (lactones) is 1. The number of esters is 1. The highest BCUT2D eigenvalue weighted by molar-refractivity contribution is 5.94. The summed E-state index contributed by atoms with van der Waals surface area (Å²) in [6.07, 6.45) is 0.515. The minimum Gasteiger partial charge on any atom is -0.493 e. The van der Waals surface area contributed by atoms with Crippen molar-refractivity contribution in [2.75, 3.05) is 34.7 Å². The van der Waals surface area contributed by atoms with Gasteiger partial charge in [0.05, 0.1) is 21.3 Å². The standard InChI is InChI=1S/C22H20O7/c1-24-18-6-12(7-19(25-2)21(18)26-3)20-13-8-17-16(28-10-29-17)5-11(13)4-14-15(20)9-27-22(14)23/h5-8,20H,4,9-10H2,1-3H3. The van der Waals surface area contributed by atoms with E-state index < -0.39 is 0 Å². The maximum atomic E-state index is 12.4. The Kier molecular flexibility index (Phi) is 4.04. The summed E-state index contributed by atoms with van der Waals surface area (Å²) < 4.78 is 33.1. The number of hydrogen-bond acceptors (Lipinski definition) is 7. The second-order valence-corrected chi connectivity index (χ2v) is 7.05. The smallest absolute Gasteiger partial charge is 0.334 e. The summed E-state index contributed by atoms with van der Waals surface area (Å²) in [5.74, 6) is 2.58. The molecular formula is C22H20O7. The number of methoxy groups -OCH3 is 3. The van der Waals surface area contributed by atoms with Gasteiger partial charge >= 0.3 is 5.97 Å². The van der Waals surface area contributed by atoms with E-state index in [1.54, 1.807) is 21.3 Å². The third kappa shape index (κ3) is 2.61. The predicted octanol–water partition coefficient (Wildman–Crippen LogP) is 2.98. The lowest BCUT2D eigenvalue weighted by atomic mass is 9.75. The maximum absolute atomic E-state index is 12.4. The van der Waals surface area contributed by atoms with Gasteiger partial charge < -0.3 is 28.4 Å². The molecule has 7 nitrogen and oxygen atoms in total. The molecule has 1 aliphatic carbocycles. The van der Waals surface area contributed by atoms with Crippen molar-refractivity contribution in [3.63, 3.8) is 0 Å². The molecule has 29 heavy (non-hydrogen) atoms. The third-order valence-electron chi connectivity index (χ3n) is 5.67. The van der Waals surface area contributed by atoms with Gasteiger partial charge in [-0.15, -0.1) is 0 Å². The van der Waals surface area contributed by atoms with E-state index in [9.17, 15) is 4.79 Å². The summed E-state index contributed by atoms with van der Waals surface area (Å²) in [4.78, 5) is 12.4. The van der Waals surface area contributed by atoms with Crippen LogP contribution in [0.3, 0.4) is 0 Å². The fourth-order valence-corrected chi connectivity index (χ4v) is 4.34. The van der Waals surface area contributed by atoms with Crippen molar-refractivity contribution in [3.05, 3.63) is 52.1 Å². The minimum absolute atomic E-state index is 0.191. The lowest BCUT2D eigenvalue weighted by Crippen LogP contribution is -2.17.